The summed E-state index contributed by atoms with van der Waals surface area (Å²) in [6, 6.07) is -4.29. The van der Waals surface area contributed by atoms with Crippen molar-refractivity contribution >= 4 is 23.7 Å². The van der Waals surface area contributed by atoms with E-state index in [0.717, 1.165) is 0 Å². The van der Waals surface area contributed by atoms with Crippen LogP contribution in [0.3, 0.4) is 0 Å². The van der Waals surface area contributed by atoms with Gasteiger partial charge < -0.3 is 43.4 Å². The molecule has 0 rings (SSSR count). The fourth-order valence-electron chi connectivity index (χ4n) is 2.56. The van der Waals surface area contributed by atoms with Gasteiger partial charge in [-0.1, -0.05) is 0 Å². The zero-order valence-electron chi connectivity index (χ0n) is 17.4. The van der Waals surface area contributed by atoms with Crippen molar-refractivity contribution in [3.63, 3.8) is 0 Å². The van der Waals surface area contributed by atoms with Gasteiger partial charge in [0.05, 0.1) is 12.6 Å². The highest BCUT2D eigenvalue weighted by Gasteiger charge is 2.29. The Morgan fingerprint density at radius 1 is 0.767 bits per heavy atom. The molecule has 3 amide bonds. The van der Waals surface area contributed by atoms with Crippen molar-refractivity contribution in [2.45, 2.75) is 69.6 Å². The molecule has 12 nitrogen and oxygen atoms in total. The highest BCUT2D eigenvalue weighted by Crippen LogP contribution is 2.06. The fourth-order valence-corrected chi connectivity index (χ4v) is 2.56. The van der Waals surface area contributed by atoms with Crippen molar-refractivity contribution in [2.75, 3.05) is 19.7 Å². The van der Waals surface area contributed by atoms with E-state index < -0.39 is 54.5 Å². The monoisotopic (exact) mass is 432 g/mol. The Kier molecular flexibility index (Phi) is 14.4. The third-order valence-corrected chi connectivity index (χ3v) is 4.37. The predicted molar refractivity (Wildman–Crippen MR) is 110 cm³/mol. The van der Waals surface area contributed by atoms with Crippen LogP contribution in [-0.2, 0) is 19.2 Å². The van der Waals surface area contributed by atoms with Crippen LogP contribution in [0, 0.1) is 0 Å². The molecule has 12 heteroatoms. The van der Waals surface area contributed by atoms with Crippen LogP contribution in [0.15, 0.2) is 0 Å². The number of aliphatic hydroxyl groups is 1. The van der Waals surface area contributed by atoms with Crippen LogP contribution in [0.1, 0.15) is 45.4 Å². The van der Waals surface area contributed by atoms with Gasteiger partial charge >= 0.3 is 5.97 Å². The van der Waals surface area contributed by atoms with Gasteiger partial charge in [-0.15, -0.1) is 0 Å². The van der Waals surface area contributed by atoms with E-state index in [1.54, 1.807) is 0 Å². The lowest BCUT2D eigenvalue weighted by molar-refractivity contribution is -0.143. The largest absolute Gasteiger partial charge is 0.480 e. The van der Waals surface area contributed by atoms with Crippen LogP contribution < -0.4 is 33.2 Å². The second-order valence-electron chi connectivity index (χ2n) is 7.06. The van der Waals surface area contributed by atoms with Crippen molar-refractivity contribution in [1.82, 2.24) is 16.0 Å². The molecule has 0 fully saturated rings. The second kappa shape index (κ2) is 15.5. The zero-order valence-corrected chi connectivity index (χ0v) is 17.4. The summed E-state index contributed by atoms with van der Waals surface area (Å²) in [5.41, 5.74) is 16.5. The Morgan fingerprint density at radius 2 is 1.17 bits per heavy atom. The molecule has 0 aromatic heterocycles. The Labute approximate surface area is 176 Å². The first-order valence-corrected chi connectivity index (χ1v) is 10.1. The van der Waals surface area contributed by atoms with Crippen molar-refractivity contribution in [3.05, 3.63) is 0 Å². The van der Waals surface area contributed by atoms with Gasteiger partial charge in [0.25, 0.3) is 0 Å². The summed E-state index contributed by atoms with van der Waals surface area (Å²) in [4.78, 5) is 48.3. The Balaban J connectivity index is 5.29. The van der Waals surface area contributed by atoms with Gasteiger partial charge in [0.15, 0.2) is 0 Å². The summed E-state index contributed by atoms with van der Waals surface area (Å²) in [6.45, 7) is 1.51. The molecule has 0 aliphatic heterocycles. The van der Waals surface area contributed by atoms with Gasteiger partial charge in [-0.3, -0.25) is 14.4 Å². The maximum absolute atomic E-state index is 12.8. The lowest BCUT2D eigenvalue weighted by atomic mass is 10.0. The molecule has 0 aromatic rings. The summed E-state index contributed by atoms with van der Waals surface area (Å²) >= 11 is 0. The third kappa shape index (κ3) is 11.0. The van der Waals surface area contributed by atoms with E-state index in [4.69, 9.17) is 27.4 Å². The number of carboxylic acid groups (broad SMARTS) is 1. The molecule has 0 aliphatic carbocycles. The SMILES string of the molecule is CC(N)C(=O)NC(CCCCN)C(=O)NC(CCCCN)C(=O)NC(CO)C(=O)O. The van der Waals surface area contributed by atoms with Gasteiger partial charge in [-0.2, -0.15) is 0 Å². The lowest BCUT2D eigenvalue weighted by Gasteiger charge is -2.24. The Morgan fingerprint density at radius 3 is 1.50 bits per heavy atom. The van der Waals surface area contributed by atoms with Crippen LogP contribution in [0.25, 0.3) is 0 Å². The van der Waals surface area contributed by atoms with Crippen LogP contribution >= 0.6 is 0 Å². The summed E-state index contributed by atoms with van der Waals surface area (Å²) in [5, 5.41) is 25.4. The first kappa shape index (κ1) is 27.7. The number of carbonyl (C=O) groups is 4. The summed E-state index contributed by atoms with van der Waals surface area (Å²) in [6.07, 6.45) is 2.84. The molecule has 11 N–H and O–H groups in total. The van der Waals surface area contributed by atoms with Crippen LogP contribution in [-0.4, -0.2) is 77.8 Å². The number of carboxylic acids is 1. The molecule has 0 saturated heterocycles. The van der Waals surface area contributed by atoms with E-state index in [1.165, 1.54) is 6.92 Å². The number of hydrogen-bond donors (Lipinski definition) is 8. The quantitative estimate of drug-likeness (QED) is 0.117. The molecule has 30 heavy (non-hydrogen) atoms. The standard InChI is InChI=1S/C18H36N6O6/c1-11(21)15(26)22-12(6-2-4-8-19)16(27)23-13(7-3-5-9-20)17(28)24-14(10-25)18(29)30/h11-14,25H,2-10,19-21H2,1H3,(H,22,26)(H,23,27)(H,24,28)(H,29,30). The van der Waals surface area contributed by atoms with Crippen molar-refractivity contribution in [2.24, 2.45) is 17.2 Å². The van der Waals surface area contributed by atoms with Crippen molar-refractivity contribution in [3.8, 4) is 0 Å². The molecule has 0 bridgehead atoms. The van der Waals surface area contributed by atoms with E-state index in [2.05, 4.69) is 16.0 Å². The van der Waals surface area contributed by atoms with Crippen LogP contribution in [0.2, 0.25) is 0 Å². The molecule has 4 atom stereocenters. The highest BCUT2D eigenvalue weighted by molar-refractivity contribution is 5.94. The number of rotatable bonds is 16. The van der Waals surface area contributed by atoms with Crippen LogP contribution in [0.5, 0.6) is 0 Å². The number of carbonyl (C=O) groups excluding carboxylic acids is 3. The van der Waals surface area contributed by atoms with E-state index in [9.17, 15) is 19.2 Å². The summed E-state index contributed by atoms with van der Waals surface area (Å²) < 4.78 is 0. The zero-order chi connectivity index (χ0) is 23.1. The number of nitrogens with two attached hydrogens (primary N) is 3. The number of hydrogen-bond acceptors (Lipinski definition) is 8. The maximum atomic E-state index is 12.8. The number of nitrogens with one attached hydrogen (secondary N) is 3. The molecule has 0 aromatic carbocycles. The number of amides is 3. The Bertz CT molecular complexity index is 559. The third-order valence-electron chi connectivity index (χ3n) is 4.37. The minimum Gasteiger partial charge on any atom is -0.480 e. The molecule has 174 valence electrons. The highest BCUT2D eigenvalue weighted by atomic mass is 16.4. The minimum absolute atomic E-state index is 0.212. The average Bonchev–Trinajstić information content (AvgIpc) is 2.69. The van der Waals surface area contributed by atoms with Gasteiger partial charge in [0, 0.05) is 0 Å². The molecule has 0 heterocycles. The van der Waals surface area contributed by atoms with Gasteiger partial charge in [-0.25, -0.2) is 4.79 Å². The summed E-state index contributed by atoms with van der Waals surface area (Å²) in [7, 11) is 0. The normalized spacial score (nSPS) is 14.8. The molecule has 4 unspecified atom stereocenters. The number of aliphatic hydroxyl groups excluding tert-OH is 1. The summed E-state index contributed by atoms with van der Waals surface area (Å²) in [5.74, 6) is -3.26. The maximum Gasteiger partial charge on any atom is 0.328 e. The number of aliphatic carboxylic acids is 1. The van der Waals surface area contributed by atoms with E-state index in [-0.39, 0.29) is 6.42 Å². The molecular formula is C18H36N6O6. The van der Waals surface area contributed by atoms with E-state index in [0.29, 0.717) is 45.2 Å². The van der Waals surface area contributed by atoms with Gasteiger partial charge in [0.2, 0.25) is 17.7 Å². The lowest BCUT2D eigenvalue weighted by Crippen LogP contribution is -2.57. The molecular weight excluding hydrogens is 396 g/mol. The predicted octanol–water partition coefficient (Wildman–Crippen LogP) is -2.88. The topological polar surface area (TPSA) is 223 Å². The average molecular weight is 433 g/mol. The molecule has 0 radical (unpaired) electrons. The van der Waals surface area contributed by atoms with E-state index >= 15 is 0 Å². The molecule has 0 spiro atoms. The second-order valence-corrected chi connectivity index (χ2v) is 7.06. The van der Waals surface area contributed by atoms with Crippen LogP contribution in [0.4, 0.5) is 0 Å². The number of unbranched alkanes of at least 4 members (excludes halogenated alkanes) is 2. The first-order valence-electron chi connectivity index (χ1n) is 10.1. The Hall–Kier alpha value is -2.28. The smallest absolute Gasteiger partial charge is 0.328 e. The minimum atomic E-state index is -1.50. The van der Waals surface area contributed by atoms with Crippen molar-refractivity contribution in [1.29, 1.82) is 0 Å². The fraction of sp³-hybridized carbons (Fsp3) is 0.778. The van der Waals surface area contributed by atoms with E-state index in [1.807, 2.05) is 0 Å². The van der Waals surface area contributed by atoms with Gasteiger partial charge in [-0.05, 0) is 58.5 Å². The van der Waals surface area contributed by atoms with Gasteiger partial charge in [0.1, 0.15) is 18.1 Å². The molecule has 0 aliphatic rings. The first-order chi connectivity index (χ1) is 14.2. The van der Waals surface area contributed by atoms with Crippen molar-refractivity contribution < 1.29 is 29.4 Å². The molecule has 0 saturated carbocycles.